The first-order valence-electron chi connectivity index (χ1n) is 17.7. The van der Waals surface area contributed by atoms with Crippen molar-refractivity contribution in [1.29, 1.82) is 0 Å². The first-order valence-corrected chi connectivity index (χ1v) is 19.3. The molecule has 2 unspecified atom stereocenters. The molecule has 0 fully saturated rings. The van der Waals surface area contributed by atoms with E-state index in [0.717, 1.165) is 44.4 Å². The van der Waals surface area contributed by atoms with Crippen molar-refractivity contribution in [3.05, 3.63) is 72.9 Å². The summed E-state index contributed by atoms with van der Waals surface area (Å²) in [7, 11) is -4.78. The lowest BCUT2D eigenvalue weighted by Gasteiger charge is -2.18. The summed E-state index contributed by atoms with van der Waals surface area (Å²) in [4.78, 5) is 42.5. The third kappa shape index (κ3) is 33.4. The van der Waals surface area contributed by atoms with Gasteiger partial charge in [-0.15, -0.1) is 0 Å². The van der Waals surface area contributed by atoms with E-state index in [4.69, 9.17) is 19.3 Å². The van der Waals surface area contributed by atoms with Crippen LogP contribution in [0, 0.1) is 5.92 Å². The zero-order valence-electron chi connectivity index (χ0n) is 29.6. The van der Waals surface area contributed by atoms with E-state index >= 15 is 0 Å². The Morgan fingerprint density at radius 1 is 0.729 bits per heavy atom. The van der Waals surface area contributed by atoms with Crippen molar-refractivity contribution in [2.75, 3.05) is 13.2 Å². The fourth-order valence-corrected chi connectivity index (χ4v) is 4.70. The Morgan fingerprint density at radius 2 is 1.35 bits per heavy atom. The van der Waals surface area contributed by atoms with Crippen LogP contribution >= 0.6 is 7.82 Å². The van der Waals surface area contributed by atoms with E-state index in [2.05, 4.69) is 43.5 Å². The molecule has 0 bridgehead atoms. The van der Waals surface area contributed by atoms with Gasteiger partial charge in [0.25, 0.3) is 0 Å². The molecule has 0 spiro atoms. The smallest absolute Gasteiger partial charge is 0.462 e. The highest BCUT2D eigenvalue weighted by Gasteiger charge is 2.22. The Bertz CT molecular complexity index is 1040. The Morgan fingerprint density at radius 3 is 2.04 bits per heavy atom. The second kappa shape index (κ2) is 31.7. The van der Waals surface area contributed by atoms with Crippen LogP contribution in [0.25, 0.3) is 0 Å². The number of carbonyl (C=O) groups excluding carboxylic acids is 2. The SMILES string of the molecule is CC/C=C\C/C=C\CC(O)/C=C/C=C\C/C=C\C/C=C\CCC(=O)O[C@H](COC(=O)CCCCCCCCC(C)CC)COP(=O)(O)O. The Labute approximate surface area is 290 Å². The molecule has 0 aromatic rings. The van der Waals surface area contributed by atoms with Gasteiger partial charge in [0, 0.05) is 12.8 Å². The van der Waals surface area contributed by atoms with Crippen molar-refractivity contribution in [3.63, 3.8) is 0 Å². The second-order valence-electron chi connectivity index (χ2n) is 11.9. The fraction of sp³-hybridized carbons (Fsp3) is 0.632. The molecule has 0 aromatic carbocycles. The van der Waals surface area contributed by atoms with Crippen LogP contribution in [0.15, 0.2) is 72.9 Å². The molecule has 9 nitrogen and oxygen atoms in total. The number of phosphoric ester groups is 1. The molecule has 3 N–H and O–H groups in total. The molecule has 0 aliphatic rings. The van der Waals surface area contributed by atoms with Gasteiger partial charge in [0.05, 0.1) is 12.7 Å². The lowest BCUT2D eigenvalue weighted by molar-refractivity contribution is -0.161. The van der Waals surface area contributed by atoms with Crippen molar-refractivity contribution in [3.8, 4) is 0 Å². The molecule has 10 heteroatoms. The van der Waals surface area contributed by atoms with Gasteiger partial charge in [0.1, 0.15) is 6.61 Å². The summed E-state index contributed by atoms with van der Waals surface area (Å²) in [5.74, 6) is -0.251. The molecule has 0 rings (SSSR count). The van der Waals surface area contributed by atoms with Crippen LogP contribution in [0.2, 0.25) is 0 Å². The van der Waals surface area contributed by atoms with Gasteiger partial charge in [0.15, 0.2) is 6.10 Å². The number of phosphoric acid groups is 1. The highest BCUT2D eigenvalue weighted by atomic mass is 31.2. The Balaban J connectivity index is 4.25. The van der Waals surface area contributed by atoms with Crippen LogP contribution in [0.1, 0.15) is 124 Å². The number of allylic oxidation sites excluding steroid dienone is 10. The predicted octanol–water partition coefficient (Wildman–Crippen LogP) is 9.17. The monoisotopic (exact) mass is 694 g/mol. The summed E-state index contributed by atoms with van der Waals surface area (Å²) in [5.41, 5.74) is 0. The average molecular weight is 695 g/mol. The molecule has 0 aromatic heterocycles. The number of esters is 2. The number of aliphatic hydroxyl groups excluding tert-OH is 1. The first-order chi connectivity index (χ1) is 23.1. The standard InChI is InChI=1S/C38H63O9P/c1-4-6-7-8-18-23-28-35(39)29-24-19-13-11-9-10-12-14-21-26-31-38(41)47-36(33-46-48(42,43)44)32-45-37(40)30-25-20-16-15-17-22-27-34(3)5-2/h6-7,9-10,13-14,18-19,21,23-24,29,34-36,39H,4-5,8,11-12,15-17,20,22,25-28,30-33H2,1-3H3,(H2,42,43,44)/b7-6-,10-9-,19-13-,21-14-,23-18-,29-24+/t34?,35?,36-/m1/s1. The van der Waals surface area contributed by atoms with Crippen LogP contribution in [-0.2, 0) is 28.2 Å². The topological polar surface area (TPSA) is 140 Å². The normalized spacial score (nSPS) is 14.7. The van der Waals surface area contributed by atoms with Crippen LogP contribution in [0.3, 0.4) is 0 Å². The van der Waals surface area contributed by atoms with Gasteiger partial charge >= 0.3 is 19.8 Å². The van der Waals surface area contributed by atoms with Gasteiger partial charge in [-0.2, -0.15) is 0 Å². The average Bonchev–Trinajstić information content (AvgIpc) is 3.05. The lowest BCUT2D eigenvalue weighted by atomic mass is 10.00. The molecule has 0 saturated heterocycles. The number of aliphatic hydroxyl groups is 1. The summed E-state index contributed by atoms with van der Waals surface area (Å²) in [6.07, 6.45) is 35.4. The predicted molar refractivity (Wildman–Crippen MR) is 194 cm³/mol. The summed E-state index contributed by atoms with van der Waals surface area (Å²) in [5, 5.41) is 9.95. The summed E-state index contributed by atoms with van der Waals surface area (Å²) in [6, 6.07) is 0. The number of hydrogen-bond donors (Lipinski definition) is 3. The van der Waals surface area contributed by atoms with Crippen LogP contribution < -0.4 is 0 Å². The molecule has 0 amide bonds. The van der Waals surface area contributed by atoms with Crippen molar-refractivity contribution < 1.29 is 43.0 Å². The quantitative estimate of drug-likeness (QED) is 0.0221. The third-order valence-corrected chi connectivity index (χ3v) is 7.86. The molecule has 274 valence electrons. The summed E-state index contributed by atoms with van der Waals surface area (Å²) in [6.45, 7) is 5.67. The molecule has 0 saturated carbocycles. The Hall–Kier alpha value is -2.55. The van der Waals surface area contributed by atoms with Crippen molar-refractivity contribution in [2.45, 2.75) is 136 Å². The third-order valence-electron chi connectivity index (χ3n) is 7.37. The highest BCUT2D eigenvalue weighted by Crippen LogP contribution is 2.35. The maximum atomic E-state index is 12.3. The second-order valence-corrected chi connectivity index (χ2v) is 13.1. The zero-order valence-corrected chi connectivity index (χ0v) is 30.5. The molecule has 48 heavy (non-hydrogen) atoms. The van der Waals surface area contributed by atoms with E-state index in [9.17, 15) is 19.3 Å². The van der Waals surface area contributed by atoms with Gasteiger partial charge in [-0.25, -0.2) is 4.57 Å². The van der Waals surface area contributed by atoms with E-state index < -0.39 is 38.6 Å². The Kier molecular flexibility index (Phi) is 30.0. The minimum absolute atomic E-state index is 0.0601. The van der Waals surface area contributed by atoms with Gasteiger partial charge in [-0.1, -0.05) is 139 Å². The van der Waals surface area contributed by atoms with Gasteiger partial charge in [-0.05, 0) is 50.9 Å². The van der Waals surface area contributed by atoms with Crippen LogP contribution in [-0.4, -0.2) is 52.3 Å². The van der Waals surface area contributed by atoms with E-state index in [1.807, 2.05) is 48.6 Å². The minimum atomic E-state index is -4.78. The fourth-order valence-electron chi connectivity index (χ4n) is 4.34. The zero-order chi connectivity index (χ0) is 35.7. The van der Waals surface area contributed by atoms with Gasteiger partial charge < -0.3 is 24.4 Å². The van der Waals surface area contributed by atoms with Crippen molar-refractivity contribution in [2.24, 2.45) is 5.92 Å². The van der Waals surface area contributed by atoms with E-state index in [1.54, 1.807) is 6.08 Å². The van der Waals surface area contributed by atoms with Gasteiger partial charge in [-0.3, -0.25) is 14.1 Å². The molecular weight excluding hydrogens is 631 g/mol. The molecule has 0 heterocycles. The molecule has 0 aliphatic heterocycles. The number of ether oxygens (including phenoxy) is 2. The minimum Gasteiger partial charge on any atom is -0.462 e. The summed E-state index contributed by atoms with van der Waals surface area (Å²) >= 11 is 0. The number of carbonyl (C=O) groups is 2. The number of unbranched alkanes of at least 4 members (excludes halogenated alkanes) is 5. The molecule has 0 radical (unpaired) electrons. The largest absolute Gasteiger partial charge is 0.469 e. The number of rotatable bonds is 30. The lowest BCUT2D eigenvalue weighted by Crippen LogP contribution is -2.29. The maximum absolute atomic E-state index is 12.3. The van der Waals surface area contributed by atoms with Crippen molar-refractivity contribution >= 4 is 19.8 Å². The van der Waals surface area contributed by atoms with Crippen LogP contribution in [0.4, 0.5) is 0 Å². The van der Waals surface area contributed by atoms with Crippen molar-refractivity contribution in [1.82, 2.24) is 0 Å². The van der Waals surface area contributed by atoms with E-state index in [1.165, 1.54) is 25.7 Å². The maximum Gasteiger partial charge on any atom is 0.469 e. The number of hydrogen-bond acceptors (Lipinski definition) is 7. The van der Waals surface area contributed by atoms with E-state index in [-0.39, 0.29) is 19.4 Å². The highest BCUT2D eigenvalue weighted by molar-refractivity contribution is 7.46. The van der Waals surface area contributed by atoms with Gasteiger partial charge in [0.2, 0.25) is 0 Å². The van der Waals surface area contributed by atoms with Crippen LogP contribution in [0.5, 0.6) is 0 Å². The molecule has 0 aliphatic carbocycles. The molecular formula is C38H63O9P. The molecule has 3 atom stereocenters. The van der Waals surface area contributed by atoms with E-state index in [0.29, 0.717) is 25.7 Å². The first kappa shape index (κ1) is 45.5. The summed E-state index contributed by atoms with van der Waals surface area (Å²) < 4.78 is 26.1.